The highest BCUT2D eigenvalue weighted by molar-refractivity contribution is 7.07. The lowest BCUT2D eigenvalue weighted by Gasteiger charge is -2.13. The average molecular weight is 238 g/mol. The van der Waals surface area contributed by atoms with Crippen molar-refractivity contribution in [2.75, 3.05) is 13.1 Å². The third-order valence-corrected chi connectivity index (χ3v) is 2.84. The van der Waals surface area contributed by atoms with Gasteiger partial charge in [-0.15, -0.1) is 6.58 Å². The van der Waals surface area contributed by atoms with Gasteiger partial charge in [0, 0.05) is 12.6 Å². The quantitative estimate of drug-likeness (QED) is 0.559. The summed E-state index contributed by atoms with van der Waals surface area (Å²) in [6.45, 7) is 6.60. The summed E-state index contributed by atoms with van der Waals surface area (Å²) in [6, 6.07) is 2.26. The van der Waals surface area contributed by atoms with Crippen LogP contribution in [0.5, 0.6) is 0 Å². The second kappa shape index (κ2) is 7.19. The Balaban J connectivity index is 2.20. The molecule has 0 spiro atoms. The third-order valence-electron chi connectivity index (χ3n) is 2.10. The summed E-state index contributed by atoms with van der Waals surface area (Å²) in [5.74, 6) is 0.0320. The van der Waals surface area contributed by atoms with Gasteiger partial charge in [-0.3, -0.25) is 4.79 Å². The van der Waals surface area contributed by atoms with E-state index in [1.807, 2.05) is 6.92 Å². The van der Waals surface area contributed by atoms with Crippen LogP contribution in [0.15, 0.2) is 29.5 Å². The van der Waals surface area contributed by atoms with Crippen molar-refractivity contribution >= 4 is 17.2 Å². The summed E-state index contributed by atoms with van der Waals surface area (Å²) in [4.78, 5) is 11.5. The first-order valence-corrected chi connectivity index (χ1v) is 6.28. The van der Waals surface area contributed by atoms with Crippen LogP contribution < -0.4 is 10.6 Å². The molecule has 1 atom stereocenters. The van der Waals surface area contributed by atoms with Crippen LogP contribution in [0.1, 0.15) is 12.5 Å². The molecule has 0 aliphatic carbocycles. The van der Waals surface area contributed by atoms with E-state index < -0.39 is 0 Å². The maximum atomic E-state index is 11.5. The van der Waals surface area contributed by atoms with Crippen molar-refractivity contribution in [2.45, 2.75) is 19.4 Å². The van der Waals surface area contributed by atoms with Crippen LogP contribution in [-0.4, -0.2) is 25.0 Å². The van der Waals surface area contributed by atoms with Gasteiger partial charge in [0.05, 0.1) is 6.54 Å². The fraction of sp³-hybridized carbons (Fsp3) is 0.417. The highest BCUT2D eigenvalue weighted by Crippen LogP contribution is 2.08. The zero-order chi connectivity index (χ0) is 11.8. The largest absolute Gasteiger partial charge is 0.352 e. The molecule has 1 unspecified atom stereocenters. The van der Waals surface area contributed by atoms with Gasteiger partial charge in [-0.2, -0.15) is 11.3 Å². The van der Waals surface area contributed by atoms with E-state index in [0.717, 1.165) is 6.42 Å². The van der Waals surface area contributed by atoms with E-state index in [0.29, 0.717) is 13.1 Å². The molecule has 1 aromatic heterocycles. The Morgan fingerprint density at radius 3 is 3.12 bits per heavy atom. The molecule has 0 aliphatic rings. The van der Waals surface area contributed by atoms with E-state index in [4.69, 9.17) is 0 Å². The minimum Gasteiger partial charge on any atom is -0.352 e. The normalized spacial score (nSPS) is 12.1. The molecule has 3 nitrogen and oxygen atoms in total. The van der Waals surface area contributed by atoms with E-state index >= 15 is 0 Å². The van der Waals surface area contributed by atoms with Crippen molar-refractivity contribution < 1.29 is 4.79 Å². The van der Waals surface area contributed by atoms with Crippen LogP contribution in [0.25, 0.3) is 0 Å². The van der Waals surface area contributed by atoms with Crippen LogP contribution in [0.4, 0.5) is 0 Å². The van der Waals surface area contributed by atoms with Crippen molar-refractivity contribution in [2.24, 2.45) is 0 Å². The number of rotatable bonds is 7. The second-order valence-corrected chi connectivity index (χ2v) is 4.50. The molecule has 0 bridgehead atoms. The molecule has 16 heavy (non-hydrogen) atoms. The smallest absolute Gasteiger partial charge is 0.234 e. The molecule has 0 fully saturated rings. The Kier molecular flexibility index (Phi) is 5.82. The molecular formula is C12H18N2OS. The zero-order valence-electron chi connectivity index (χ0n) is 9.53. The Bertz CT molecular complexity index is 322. The summed E-state index contributed by atoms with van der Waals surface area (Å²) in [6.07, 6.45) is 2.62. The first-order chi connectivity index (χ1) is 7.72. The van der Waals surface area contributed by atoms with Crippen molar-refractivity contribution in [3.8, 4) is 0 Å². The molecular weight excluding hydrogens is 220 g/mol. The first-order valence-electron chi connectivity index (χ1n) is 5.34. The van der Waals surface area contributed by atoms with E-state index in [2.05, 4.69) is 34.0 Å². The first kappa shape index (κ1) is 12.9. The monoisotopic (exact) mass is 238 g/mol. The van der Waals surface area contributed by atoms with E-state index in [9.17, 15) is 4.79 Å². The molecule has 1 heterocycles. The van der Waals surface area contributed by atoms with Gasteiger partial charge in [-0.25, -0.2) is 0 Å². The van der Waals surface area contributed by atoms with Crippen LogP contribution in [0.3, 0.4) is 0 Å². The Labute approximate surface area is 101 Å². The lowest BCUT2D eigenvalue weighted by molar-refractivity contribution is -0.120. The van der Waals surface area contributed by atoms with Gasteiger partial charge in [0.2, 0.25) is 5.91 Å². The Hall–Kier alpha value is -1.13. The second-order valence-electron chi connectivity index (χ2n) is 3.72. The summed E-state index contributed by atoms with van der Waals surface area (Å²) in [5.41, 5.74) is 1.27. The SMILES string of the molecule is C=CCNCC(=O)NC(C)Cc1ccsc1. The Morgan fingerprint density at radius 1 is 1.69 bits per heavy atom. The molecule has 0 aliphatic heterocycles. The van der Waals surface area contributed by atoms with Crippen molar-refractivity contribution in [3.63, 3.8) is 0 Å². The molecule has 0 saturated carbocycles. The van der Waals surface area contributed by atoms with Gasteiger partial charge in [-0.1, -0.05) is 6.08 Å². The summed E-state index contributed by atoms with van der Waals surface area (Å²) in [5, 5.41) is 10.1. The van der Waals surface area contributed by atoms with Gasteiger partial charge in [0.25, 0.3) is 0 Å². The van der Waals surface area contributed by atoms with E-state index in [-0.39, 0.29) is 11.9 Å². The number of amides is 1. The molecule has 2 N–H and O–H groups in total. The van der Waals surface area contributed by atoms with Crippen molar-refractivity contribution in [3.05, 3.63) is 35.0 Å². The Morgan fingerprint density at radius 2 is 2.50 bits per heavy atom. The lowest BCUT2D eigenvalue weighted by Crippen LogP contribution is -2.39. The number of thiophene rings is 1. The summed E-state index contributed by atoms with van der Waals surface area (Å²) in [7, 11) is 0. The number of nitrogens with one attached hydrogen (secondary N) is 2. The molecule has 1 rings (SSSR count). The predicted octanol–water partition coefficient (Wildman–Crippen LogP) is 1.57. The molecule has 88 valence electrons. The van der Waals surface area contributed by atoms with Crippen LogP contribution in [0.2, 0.25) is 0 Å². The summed E-state index contributed by atoms with van der Waals surface area (Å²) < 4.78 is 0. The lowest BCUT2D eigenvalue weighted by atomic mass is 10.1. The van der Waals surface area contributed by atoms with Gasteiger partial charge in [-0.05, 0) is 35.7 Å². The zero-order valence-corrected chi connectivity index (χ0v) is 10.3. The van der Waals surface area contributed by atoms with Crippen LogP contribution >= 0.6 is 11.3 Å². The summed E-state index contributed by atoms with van der Waals surface area (Å²) >= 11 is 1.68. The molecule has 0 radical (unpaired) electrons. The minimum atomic E-state index is 0.0320. The molecule has 1 aromatic rings. The number of carbonyl (C=O) groups excluding carboxylic acids is 1. The maximum Gasteiger partial charge on any atom is 0.234 e. The fourth-order valence-electron chi connectivity index (χ4n) is 1.43. The van der Waals surface area contributed by atoms with E-state index in [1.165, 1.54) is 5.56 Å². The highest BCUT2D eigenvalue weighted by Gasteiger charge is 2.07. The fourth-order valence-corrected chi connectivity index (χ4v) is 2.11. The maximum absolute atomic E-state index is 11.5. The molecule has 0 saturated heterocycles. The average Bonchev–Trinajstić information content (AvgIpc) is 2.70. The third kappa shape index (κ3) is 5.09. The standard InChI is InChI=1S/C12H18N2OS/c1-3-5-13-8-12(15)14-10(2)7-11-4-6-16-9-11/h3-4,6,9-10,13H,1,5,7-8H2,2H3,(H,14,15). The van der Waals surface area contributed by atoms with Gasteiger partial charge < -0.3 is 10.6 Å². The van der Waals surface area contributed by atoms with Crippen LogP contribution in [-0.2, 0) is 11.2 Å². The topological polar surface area (TPSA) is 41.1 Å². The number of hydrogen-bond acceptors (Lipinski definition) is 3. The van der Waals surface area contributed by atoms with Gasteiger partial charge >= 0.3 is 0 Å². The minimum absolute atomic E-state index is 0.0320. The molecule has 1 amide bonds. The van der Waals surface area contributed by atoms with Crippen LogP contribution in [0, 0.1) is 0 Å². The molecule has 0 aromatic carbocycles. The predicted molar refractivity (Wildman–Crippen MR) is 68.7 cm³/mol. The van der Waals surface area contributed by atoms with Crippen molar-refractivity contribution in [1.29, 1.82) is 0 Å². The van der Waals surface area contributed by atoms with Gasteiger partial charge in [0.1, 0.15) is 0 Å². The van der Waals surface area contributed by atoms with Gasteiger partial charge in [0.15, 0.2) is 0 Å². The highest BCUT2D eigenvalue weighted by atomic mass is 32.1. The van der Waals surface area contributed by atoms with E-state index in [1.54, 1.807) is 17.4 Å². The molecule has 4 heteroatoms. The number of hydrogen-bond donors (Lipinski definition) is 2. The number of carbonyl (C=O) groups is 1. The van der Waals surface area contributed by atoms with Crippen molar-refractivity contribution in [1.82, 2.24) is 10.6 Å².